The third kappa shape index (κ3) is 4.73. The van der Waals surface area contributed by atoms with E-state index in [-0.39, 0.29) is 24.2 Å². The van der Waals surface area contributed by atoms with Crippen LogP contribution in [0.25, 0.3) is 0 Å². The van der Waals surface area contributed by atoms with Crippen LogP contribution in [0.1, 0.15) is 24.2 Å². The van der Waals surface area contributed by atoms with E-state index < -0.39 is 6.04 Å². The van der Waals surface area contributed by atoms with Gasteiger partial charge in [0, 0.05) is 17.8 Å². The fourth-order valence-corrected chi connectivity index (χ4v) is 1.22. The fraction of sp³-hybridized carbons (Fsp3) is 0.333. The number of amides is 2. The Hall–Kier alpha value is -1.59. The molecule has 0 bridgehead atoms. The maximum absolute atomic E-state index is 11.5. The Morgan fingerprint density at radius 2 is 1.83 bits per heavy atom. The molecule has 0 heterocycles. The van der Waals surface area contributed by atoms with Gasteiger partial charge in [0.05, 0.1) is 6.04 Å². The number of carbonyl (C=O) groups is 2. The summed E-state index contributed by atoms with van der Waals surface area (Å²) in [6.07, 6.45) is 0. The topological polar surface area (TPSA) is 84.2 Å². The molecule has 6 heteroatoms. The predicted octanol–water partition coefficient (Wildman–Crippen LogP) is 1.14. The van der Waals surface area contributed by atoms with Crippen molar-refractivity contribution in [2.45, 2.75) is 19.9 Å². The van der Waals surface area contributed by atoms with E-state index in [4.69, 9.17) is 5.73 Å². The molecule has 1 aromatic carbocycles. The SMILES string of the molecule is CCNC(=O)c1ccc(NC(=O)[C@H](C)N)cc1.Cl. The van der Waals surface area contributed by atoms with Crippen LogP contribution in [0.5, 0.6) is 0 Å². The summed E-state index contributed by atoms with van der Waals surface area (Å²) in [5.74, 6) is -0.381. The summed E-state index contributed by atoms with van der Waals surface area (Å²) >= 11 is 0. The summed E-state index contributed by atoms with van der Waals surface area (Å²) < 4.78 is 0. The van der Waals surface area contributed by atoms with Gasteiger partial charge in [-0.25, -0.2) is 0 Å². The summed E-state index contributed by atoms with van der Waals surface area (Å²) in [5.41, 5.74) is 6.61. The summed E-state index contributed by atoms with van der Waals surface area (Å²) in [7, 11) is 0. The Morgan fingerprint density at radius 3 is 2.28 bits per heavy atom. The van der Waals surface area contributed by atoms with Crippen molar-refractivity contribution in [1.29, 1.82) is 0 Å². The maximum atomic E-state index is 11.5. The first-order valence-electron chi connectivity index (χ1n) is 5.49. The second-order valence-electron chi connectivity index (χ2n) is 3.71. The van der Waals surface area contributed by atoms with Gasteiger partial charge < -0.3 is 16.4 Å². The van der Waals surface area contributed by atoms with Crippen LogP contribution in [0, 0.1) is 0 Å². The average molecular weight is 272 g/mol. The second kappa shape index (κ2) is 7.68. The number of rotatable bonds is 4. The number of nitrogens with one attached hydrogen (secondary N) is 2. The molecule has 1 atom stereocenters. The van der Waals surface area contributed by atoms with Crippen molar-refractivity contribution >= 4 is 29.9 Å². The molecule has 1 rings (SSSR count). The molecule has 5 nitrogen and oxygen atoms in total. The number of nitrogens with two attached hydrogens (primary N) is 1. The Balaban J connectivity index is 0.00000289. The van der Waals surface area contributed by atoms with Crippen LogP contribution in [0.4, 0.5) is 5.69 Å². The molecule has 0 spiro atoms. The van der Waals surface area contributed by atoms with Crippen molar-refractivity contribution in [1.82, 2.24) is 5.32 Å². The van der Waals surface area contributed by atoms with Gasteiger partial charge in [-0.05, 0) is 38.1 Å². The lowest BCUT2D eigenvalue weighted by atomic mass is 10.2. The molecular formula is C12H18ClN3O2. The molecule has 0 unspecified atom stereocenters. The number of halogens is 1. The lowest BCUT2D eigenvalue weighted by Gasteiger charge is -2.08. The zero-order chi connectivity index (χ0) is 12.8. The number of hydrogen-bond donors (Lipinski definition) is 3. The number of carbonyl (C=O) groups excluding carboxylic acids is 2. The Kier molecular flexibility index (Phi) is 7.00. The smallest absolute Gasteiger partial charge is 0.251 e. The van der Waals surface area contributed by atoms with Gasteiger partial charge in [-0.3, -0.25) is 9.59 Å². The minimum Gasteiger partial charge on any atom is -0.352 e. The van der Waals surface area contributed by atoms with Gasteiger partial charge in [0.15, 0.2) is 0 Å². The summed E-state index contributed by atoms with van der Waals surface area (Å²) in [6, 6.07) is 6.09. The first-order valence-corrected chi connectivity index (χ1v) is 5.49. The molecule has 100 valence electrons. The minimum atomic E-state index is -0.557. The third-order valence-corrected chi connectivity index (χ3v) is 2.17. The molecule has 0 aliphatic rings. The van der Waals surface area contributed by atoms with Crippen LogP contribution in [-0.4, -0.2) is 24.4 Å². The lowest BCUT2D eigenvalue weighted by molar-refractivity contribution is -0.117. The molecule has 0 aromatic heterocycles. The van der Waals surface area contributed by atoms with Crippen LogP contribution in [0.3, 0.4) is 0 Å². The highest BCUT2D eigenvalue weighted by Crippen LogP contribution is 2.09. The summed E-state index contributed by atoms with van der Waals surface area (Å²) in [5, 5.41) is 5.34. The van der Waals surface area contributed by atoms with Gasteiger partial charge in [-0.1, -0.05) is 0 Å². The monoisotopic (exact) mass is 271 g/mol. The maximum Gasteiger partial charge on any atom is 0.251 e. The van der Waals surface area contributed by atoms with Gasteiger partial charge in [0.1, 0.15) is 0 Å². The van der Waals surface area contributed by atoms with Crippen molar-refractivity contribution in [3.05, 3.63) is 29.8 Å². The number of anilines is 1. The van der Waals surface area contributed by atoms with Crippen LogP contribution in [0.15, 0.2) is 24.3 Å². The zero-order valence-corrected chi connectivity index (χ0v) is 11.2. The van der Waals surface area contributed by atoms with E-state index in [9.17, 15) is 9.59 Å². The van der Waals surface area contributed by atoms with Crippen LogP contribution >= 0.6 is 12.4 Å². The quantitative estimate of drug-likeness (QED) is 0.768. The molecule has 4 N–H and O–H groups in total. The van der Waals surface area contributed by atoms with Crippen molar-refractivity contribution < 1.29 is 9.59 Å². The van der Waals surface area contributed by atoms with E-state index in [0.717, 1.165) is 0 Å². The molecule has 18 heavy (non-hydrogen) atoms. The molecule has 0 fully saturated rings. The number of hydrogen-bond acceptors (Lipinski definition) is 3. The van der Waals surface area contributed by atoms with Gasteiger partial charge >= 0.3 is 0 Å². The second-order valence-corrected chi connectivity index (χ2v) is 3.71. The lowest BCUT2D eigenvalue weighted by Crippen LogP contribution is -2.32. The summed E-state index contributed by atoms with van der Waals surface area (Å²) in [4.78, 5) is 22.8. The molecule has 1 aromatic rings. The highest BCUT2D eigenvalue weighted by Gasteiger charge is 2.08. The van der Waals surface area contributed by atoms with Gasteiger partial charge in [0.25, 0.3) is 5.91 Å². The molecule has 0 aliphatic heterocycles. The van der Waals surface area contributed by atoms with Crippen LogP contribution in [0.2, 0.25) is 0 Å². The Morgan fingerprint density at radius 1 is 1.28 bits per heavy atom. The predicted molar refractivity (Wildman–Crippen MR) is 74.0 cm³/mol. The molecule has 2 amide bonds. The van der Waals surface area contributed by atoms with E-state index in [1.165, 1.54) is 0 Å². The van der Waals surface area contributed by atoms with E-state index in [1.807, 2.05) is 6.92 Å². The Labute approximate surface area is 113 Å². The van der Waals surface area contributed by atoms with Crippen molar-refractivity contribution in [2.24, 2.45) is 5.73 Å². The average Bonchev–Trinajstić information content (AvgIpc) is 2.30. The van der Waals surface area contributed by atoms with Gasteiger partial charge in [-0.2, -0.15) is 0 Å². The third-order valence-electron chi connectivity index (χ3n) is 2.17. The standard InChI is InChI=1S/C12H17N3O2.ClH/c1-3-14-12(17)9-4-6-10(7-5-9)15-11(16)8(2)13;/h4-8H,3,13H2,1-2H3,(H,14,17)(H,15,16);1H/t8-;/m0./s1. The molecule has 0 aliphatic carbocycles. The minimum absolute atomic E-state index is 0. The molecule has 0 radical (unpaired) electrons. The van der Waals surface area contributed by atoms with Crippen LogP contribution < -0.4 is 16.4 Å². The number of benzene rings is 1. The fourth-order valence-electron chi connectivity index (χ4n) is 1.22. The van der Waals surface area contributed by atoms with Gasteiger partial charge in [-0.15, -0.1) is 12.4 Å². The van der Waals surface area contributed by atoms with E-state index in [2.05, 4.69) is 10.6 Å². The first kappa shape index (κ1) is 16.4. The van der Waals surface area contributed by atoms with E-state index >= 15 is 0 Å². The van der Waals surface area contributed by atoms with Gasteiger partial charge in [0.2, 0.25) is 5.91 Å². The first-order chi connectivity index (χ1) is 8.04. The summed E-state index contributed by atoms with van der Waals surface area (Å²) in [6.45, 7) is 4.05. The van der Waals surface area contributed by atoms with Crippen molar-refractivity contribution in [3.63, 3.8) is 0 Å². The van der Waals surface area contributed by atoms with E-state index in [0.29, 0.717) is 17.8 Å². The van der Waals surface area contributed by atoms with E-state index in [1.54, 1.807) is 31.2 Å². The Bertz CT molecular complexity index is 404. The van der Waals surface area contributed by atoms with Crippen molar-refractivity contribution in [2.75, 3.05) is 11.9 Å². The highest BCUT2D eigenvalue weighted by molar-refractivity contribution is 5.96. The zero-order valence-electron chi connectivity index (χ0n) is 10.4. The largest absolute Gasteiger partial charge is 0.352 e. The van der Waals surface area contributed by atoms with Crippen LogP contribution in [-0.2, 0) is 4.79 Å². The molecule has 0 saturated heterocycles. The highest BCUT2D eigenvalue weighted by atomic mass is 35.5. The van der Waals surface area contributed by atoms with Crippen molar-refractivity contribution in [3.8, 4) is 0 Å². The normalized spacial score (nSPS) is 11.1. The molecular weight excluding hydrogens is 254 g/mol. The molecule has 0 saturated carbocycles.